The van der Waals surface area contributed by atoms with Crippen LogP contribution in [0.3, 0.4) is 0 Å². The standard InChI is InChI=1S/C24H22ClFN2O3/c1-15-10-19(11-16(2)23(15)25)31-14-18-12-17(8-9-22(18)30-3)13-27-28-24(29)20-6-4-5-7-21(20)26/h4-13H,14H2,1-3H3,(H,28,29)/b27-13-. The number of hydrazone groups is 1. The molecule has 5 nitrogen and oxygen atoms in total. The van der Waals surface area contributed by atoms with Crippen molar-refractivity contribution in [2.75, 3.05) is 7.11 Å². The second kappa shape index (κ2) is 10.1. The molecule has 0 atom stereocenters. The predicted molar refractivity (Wildman–Crippen MR) is 120 cm³/mol. The molecule has 0 aliphatic carbocycles. The molecule has 7 heteroatoms. The molecule has 160 valence electrons. The molecule has 1 amide bonds. The van der Waals surface area contributed by atoms with Gasteiger partial charge in [-0.25, -0.2) is 9.82 Å². The fourth-order valence-electron chi connectivity index (χ4n) is 3.01. The predicted octanol–water partition coefficient (Wildman–Crippen LogP) is 5.45. The first-order valence-electron chi connectivity index (χ1n) is 9.53. The maximum atomic E-state index is 13.7. The van der Waals surface area contributed by atoms with Crippen molar-refractivity contribution in [1.82, 2.24) is 5.43 Å². The number of halogens is 2. The monoisotopic (exact) mass is 440 g/mol. The highest BCUT2D eigenvalue weighted by Gasteiger charge is 2.10. The lowest BCUT2D eigenvalue weighted by molar-refractivity contribution is 0.0951. The summed E-state index contributed by atoms with van der Waals surface area (Å²) >= 11 is 6.21. The van der Waals surface area contributed by atoms with Gasteiger partial charge in [-0.1, -0.05) is 23.7 Å². The number of carbonyl (C=O) groups is 1. The van der Waals surface area contributed by atoms with E-state index in [1.807, 2.05) is 32.0 Å². The molecule has 0 saturated heterocycles. The molecule has 1 N–H and O–H groups in total. The van der Waals surface area contributed by atoms with E-state index in [2.05, 4.69) is 10.5 Å². The van der Waals surface area contributed by atoms with Crippen LogP contribution in [0.5, 0.6) is 11.5 Å². The van der Waals surface area contributed by atoms with Crippen LogP contribution in [0, 0.1) is 19.7 Å². The number of carbonyl (C=O) groups excluding carboxylic acids is 1. The van der Waals surface area contributed by atoms with Crippen LogP contribution < -0.4 is 14.9 Å². The Bertz CT molecular complexity index is 1110. The number of aryl methyl sites for hydroxylation is 2. The molecule has 0 aromatic heterocycles. The van der Waals surface area contributed by atoms with Gasteiger partial charge in [0.25, 0.3) is 5.91 Å². The molecule has 0 saturated carbocycles. The van der Waals surface area contributed by atoms with Gasteiger partial charge in [-0.15, -0.1) is 0 Å². The second-order valence-corrected chi connectivity index (χ2v) is 7.29. The summed E-state index contributed by atoms with van der Waals surface area (Å²) in [5.74, 6) is 0.138. The van der Waals surface area contributed by atoms with E-state index in [-0.39, 0.29) is 12.2 Å². The first-order valence-corrected chi connectivity index (χ1v) is 9.91. The smallest absolute Gasteiger partial charge is 0.274 e. The average molecular weight is 441 g/mol. The summed E-state index contributed by atoms with van der Waals surface area (Å²) in [6.45, 7) is 4.12. The molecule has 3 rings (SSSR count). The van der Waals surface area contributed by atoms with Crippen LogP contribution in [0.25, 0.3) is 0 Å². The molecule has 0 aliphatic rings. The van der Waals surface area contributed by atoms with E-state index in [1.165, 1.54) is 24.4 Å². The second-order valence-electron chi connectivity index (χ2n) is 6.91. The van der Waals surface area contributed by atoms with Crippen molar-refractivity contribution in [3.63, 3.8) is 0 Å². The van der Waals surface area contributed by atoms with Crippen molar-refractivity contribution in [3.8, 4) is 11.5 Å². The molecule has 31 heavy (non-hydrogen) atoms. The van der Waals surface area contributed by atoms with Crippen LogP contribution in [-0.4, -0.2) is 19.2 Å². The Balaban J connectivity index is 1.71. The number of methoxy groups -OCH3 is 1. The van der Waals surface area contributed by atoms with Crippen molar-refractivity contribution in [1.29, 1.82) is 0 Å². The number of ether oxygens (including phenoxy) is 2. The van der Waals surface area contributed by atoms with Crippen molar-refractivity contribution >= 4 is 23.7 Å². The summed E-state index contributed by atoms with van der Waals surface area (Å²) in [7, 11) is 1.58. The Labute approximate surface area is 185 Å². The molecule has 0 fully saturated rings. The Hall–Kier alpha value is -3.38. The van der Waals surface area contributed by atoms with Crippen LogP contribution >= 0.6 is 11.6 Å². The van der Waals surface area contributed by atoms with E-state index in [1.54, 1.807) is 25.3 Å². The molecule has 0 bridgehead atoms. The summed E-state index contributed by atoms with van der Waals surface area (Å²) in [6, 6.07) is 14.9. The van der Waals surface area contributed by atoms with Gasteiger partial charge in [0.1, 0.15) is 23.9 Å². The zero-order valence-corrected chi connectivity index (χ0v) is 18.2. The van der Waals surface area contributed by atoms with Crippen LogP contribution in [-0.2, 0) is 6.61 Å². The number of hydrogen-bond acceptors (Lipinski definition) is 4. The molecule has 0 spiro atoms. The number of rotatable bonds is 7. The minimum atomic E-state index is -0.625. The third-order valence-corrected chi connectivity index (χ3v) is 5.20. The number of benzene rings is 3. The lowest BCUT2D eigenvalue weighted by Crippen LogP contribution is -2.18. The van der Waals surface area contributed by atoms with Crippen molar-refractivity contribution in [2.45, 2.75) is 20.5 Å². The zero-order chi connectivity index (χ0) is 22.4. The number of nitrogens with one attached hydrogen (secondary N) is 1. The quantitative estimate of drug-likeness (QED) is 0.392. The fraction of sp³-hybridized carbons (Fsp3) is 0.167. The van der Waals surface area contributed by atoms with Gasteiger partial charge in [0.2, 0.25) is 0 Å². The molecule has 0 aliphatic heterocycles. The van der Waals surface area contributed by atoms with Gasteiger partial charge >= 0.3 is 0 Å². The van der Waals surface area contributed by atoms with Crippen molar-refractivity contribution < 1.29 is 18.7 Å². The number of hydrogen-bond donors (Lipinski definition) is 1. The van der Waals surface area contributed by atoms with Gasteiger partial charge in [-0.05, 0) is 73.0 Å². The SMILES string of the molecule is COc1ccc(/C=N\NC(=O)c2ccccc2F)cc1COc1cc(C)c(Cl)c(C)c1. The molecular weight excluding hydrogens is 419 g/mol. The zero-order valence-electron chi connectivity index (χ0n) is 17.4. The van der Waals surface area contributed by atoms with E-state index < -0.39 is 11.7 Å². The summed E-state index contributed by atoms with van der Waals surface area (Å²) < 4.78 is 25.0. The summed E-state index contributed by atoms with van der Waals surface area (Å²) in [4.78, 5) is 12.0. The lowest BCUT2D eigenvalue weighted by Gasteiger charge is -2.13. The van der Waals surface area contributed by atoms with Crippen LogP contribution in [0.2, 0.25) is 5.02 Å². The number of amides is 1. The first-order chi connectivity index (χ1) is 14.9. The molecule has 3 aromatic carbocycles. The van der Waals surface area contributed by atoms with Gasteiger partial charge < -0.3 is 9.47 Å². The maximum absolute atomic E-state index is 13.7. The fourth-order valence-corrected chi connectivity index (χ4v) is 3.12. The van der Waals surface area contributed by atoms with Gasteiger partial charge in [-0.3, -0.25) is 4.79 Å². The van der Waals surface area contributed by atoms with Crippen LogP contribution in [0.15, 0.2) is 59.7 Å². The van der Waals surface area contributed by atoms with Gasteiger partial charge in [0.05, 0.1) is 18.9 Å². The Morgan fingerprint density at radius 2 is 1.84 bits per heavy atom. The highest BCUT2D eigenvalue weighted by Crippen LogP contribution is 2.27. The van der Waals surface area contributed by atoms with E-state index in [9.17, 15) is 9.18 Å². The largest absolute Gasteiger partial charge is 0.496 e. The minimum absolute atomic E-state index is 0.0722. The summed E-state index contributed by atoms with van der Waals surface area (Å²) in [6.07, 6.45) is 1.47. The lowest BCUT2D eigenvalue weighted by atomic mass is 10.1. The number of nitrogens with zero attached hydrogens (tertiary/aromatic N) is 1. The minimum Gasteiger partial charge on any atom is -0.496 e. The van der Waals surface area contributed by atoms with Gasteiger partial charge in [0.15, 0.2) is 0 Å². The third-order valence-electron chi connectivity index (χ3n) is 4.61. The van der Waals surface area contributed by atoms with Gasteiger partial charge in [-0.2, -0.15) is 5.10 Å². The highest BCUT2D eigenvalue weighted by atomic mass is 35.5. The van der Waals surface area contributed by atoms with Crippen LogP contribution in [0.1, 0.15) is 32.6 Å². The van der Waals surface area contributed by atoms with E-state index in [0.29, 0.717) is 11.5 Å². The van der Waals surface area contributed by atoms with E-state index >= 15 is 0 Å². The van der Waals surface area contributed by atoms with Gasteiger partial charge in [0, 0.05) is 10.6 Å². The Morgan fingerprint density at radius 3 is 2.52 bits per heavy atom. The molecule has 3 aromatic rings. The molecular formula is C24H22ClFN2O3. The average Bonchev–Trinajstić information content (AvgIpc) is 2.76. The van der Waals surface area contributed by atoms with Crippen molar-refractivity contribution in [2.24, 2.45) is 5.10 Å². The topological polar surface area (TPSA) is 59.9 Å². The van der Waals surface area contributed by atoms with E-state index in [0.717, 1.165) is 27.3 Å². The summed E-state index contributed by atoms with van der Waals surface area (Å²) in [5, 5.41) is 4.64. The van der Waals surface area contributed by atoms with E-state index in [4.69, 9.17) is 21.1 Å². The normalized spacial score (nSPS) is 10.9. The Kier molecular flexibility index (Phi) is 7.26. The van der Waals surface area contributed by atoms with Crippen LogP contribution in [0.4, 0.5) is 4.39 Å². The van der Waals surface area contributed by atoms with Crippen molar-refractivity contribution in [3.05, 3.63) is 93.3 Å². The molecule has 0 heterocycles. The third kappa shape index (κ3) is 5.61. The maximum Gasteiger partial charge on any atom is 0.274 e. The summed E-state index contributed by atoms with van der Waals surface area (Å²) in [5.41, 5.74) is 5.66. The molecule has 0 radical (unpaired) electrons. The molecule has 0 unspecified atom stereocenters. The first kappa shape index (κ1) is 22.3. The highest BCUT2D eigenvalue weighted by molar-refractivity contribution is 6.32. The Morgan fingerprint density at radius 1 is 1.13 bits per heavy atom.